The highest BCUT2D eigenvalue weighted by molar-refractivity contribution is 6.02. The van der Waals surface area contributed by atoms with Gasteiger partial charge in [0.1, 0.15) is 5.84 Å². The highest BCUT2D eigenvalue weighted by Gasteiger charge is 2.99. The van der Waals surface area contributed by atoms with Crippen LogP contribution in [-0.2, 0) is 14.9 Å². The summed E-state index contributed by atoms with van der Waals surface area (Å²) in [5, 5.41) is 19.9. The Kier molecular flexibility index (Phi) is 2.69. The van der Waals surface area contributed by atoms with Gasteiger partial charge in [0.25, 0.3) is 5.91 Å². The van der Waals surface area contributed by atoms with E-state index in [1.165, 1.54) is 14.2 Å². The van der Waals surface area contributed by atoms with Crippen molar-refractivity contribution in [1.29, 1.82) is 10.5 Å². The van der Waals surface area contributed by atoms with Gasteiger partial charge >= 0.3 is 0 Å². The predicted molar refractivity (Wildman–Crippen MR) is 78.3 cm³/mol. The molecule has 1 saturated carbocycles. The molecule has 0 radical (unpaired) electrons. The van der Waals surface area contributed by atoms with E-state index in [2.05, 4.69) is 17.1 Å². The lowest BCUT2D eigenvalue weighted by molar-refractivity contribution is -0.233. The predicted octanol–water partition coefficient (Wildman–Crippen LogP) is 1.30. The molecule has 0 spiro atoms. The van der Waals surface area contributed by atoms with Crippen LogP contribution in [0.1, 0.15) is 12.5 Å². The molecule has 1 heterocycles. The number of methoxy groups -OCH3 is 2. The van der Waals surface area contributed by atoms with Gasteiger partial charge in [0, 0.05) is 19.6 Å². The van der Waals surface area contributed by atoms with Crippen molar-refractivity contribution in [2.75, 3.05) is 14.2 Å². The number of aliphatic imine (C=N–C) groups is 1. The quantitative estimate of drug-likeness (QED) is 0.846. The molecule has 2 N–H and O–H groups in total. The molecule has 3 atom stereocenters. The molecule has 3 rings (SSSR count). The number of hydrogen-bond donors (Lipinski definition) is 1. The number of nitriles is 2. The number of rotatable bonds is 3. The van der Waals surface area contributed by atoms with Gasteiger partial charge in [-0.3, -0.25) is 0 Å². The van der Waals surface area contributed by atoms with Crippen molar-refractivity contribution in [3.8, 4) is 12.1 Å². The Balaban J connectivity index is 2.36. The summed E-state index contributed by atoms with van der Waals surface area (Å²) in [6, 6.07) is 13.8. The Labute approximate surface area is 128 Å². The van der Waals surface area contributed by atoms with Crippen LogP contribution in [0, 0.1) is 33.5 Å². The Morgan fingerprint density at radius 1 is 1.09 bits per heavy atom. The third-order valence-electron chi connectivity index (χ3n) is 5.37. The maximum Gasteiger partial charge on any atom is 0.293 e. The van der Waals surface area contributed by atoms with Crippen LogP contribution in [0.5, 0.6) is 0 Å². The van der Waals surface area contributed by atoms with E-state index in [0.717, 1.165) is 5.56 Å². The van der Waals surface area contributed by atoms with Gasteiger partial charge in [-0.05, 0) is 5.56 Å². The van der Waals surface area contributed by atoms with E-state index in [0.29, 0.717) is 0 Å². The second-order valence-electron chi connectivity index (χ2n) is 5.70. The minimum Gasteiger partial charge on any atom is -0.386 e. The third-order valence-corrected chi connectivity index (χ3v) is 5.37. The van der Waals surface area contributed by atoms with Gasteiger partial charge in [-0.15, -0.1) is 0 Å². The summed E-state index contributed by atoms with van der Waals surface area (Å²) in [5.74, 6) is -1.52. The number of nitrogens with zero attached hydrogens (tertiary/aromatic N) is 3. The lowest BCUT2D eigenvalue weighted by Gasteiger charge is -2.32. The Morgan fingerprint density at radius 3 is 2.14 bits per heavy atom. The van der Waals surface area contributed by atoms with Gasteiger partial charge in [-0.2, -0.15) is 10.5 Å². The molecule has 6 heteroatoms. The summed E-state index contributed by atoms with van der Waals surface area (Å²) in [4.78, 5) is 4.20. The second kappa shape index (κ2) is 4.07. The van der Waals surface area contributed by atoms with E-state index < -0.39 is 22.2 Å². The Bertz CT molecular complexity index is 744. The van der Waals surface area contributed by atoms with Crippen LogP contribution in [0.2, 0.25) is 0 Å². The first kappa shape index (κ1) is 14.5. The first-order valence-electron chi connectivity index (χ1n) is 6.82. The normalized spacial score (nSPS) is 37.6. The molecule has 1 aromatic rings. The lowest BCUT2D eigenvalue weighted by atomic mass is 9.84. The molecular weight excluding hydrogens is 280 g/mol. The van der Waals surface area contributed by atoms with Crippen molar-refractivity contribution >= 4 is 5.84 Å². The highest BCUT2D eigenvalue weighted by atomic mass is 16.7. The van der Waals surface area contributed by atoms with Crippen LogP contribution in [0.15, 0.2) is 35.3 Å². The zero-order chi connectivity index (χ0) is 16.2. The van der Waals surface area contributed by atoms with E-state index in [9.17, 15) is 10.5 Å². The SMILES string of the molecule is COC1(OC)N=C(N)[C@]2(C#N)[C@@](C)(c3ccccc3)[C@@]12C#N. The average molecular weight is 296 g/mol. The summed E-state index contributed by atoms with van der Waals surface area (Å²) in [6.07, 6.45) is 0. The van der Waals surface area contributed by atoms with Crippen molar-refractivity contribution < 1.29 is 9.47 Å². The number of fused-ring (bicyclic) bond motifs is 1. The minimum absolute atomic E-state index is 0.0756. The molecule has 6 nitrogen and oxygen atoms in total. The second-order valence-corrected chi connectivity index (χ2v) is 5.70. The number of hydrogen-bond acceptors (Lipinski definition) is 6. The van der Waals surface area contributed by atoms with E-state index >= 15 is 0 Å². The van der Waals surface area contributed by atoms with E-state index in [1.807, 2.05) is 37.3 Å². The molecule has 1 fully saturated rings. The van der Waals surface area contributed by atoms with Crippen molar-refractivity contribution in [1.82, 2.24) is 0 Å². The number of benzene rings is 1. The molecular formula is C16H16N4O2. The molecule has 1 aliphatic carbocycles. The van der Waals surface area contributed by atoms with E-state index in [1.54, 1.807) is 0 Å². The van der Waals surface area contributed by atoms with Crippen LogP contribution < -0.4 is 5.73 Å². The Morgan fingerprint density at radius 2 is 1.68 bits per heavy atom. The fourth-order valence-electron chi connectivity index (χ4n) is 4.25. The van der Waals surface area contributed by atoms with Crippen LogP contribution in [0.25, 0.3) is 0 Å². The smallest absolute Gasteiger partial charge is 0.293 e. The zero-order valence-corrected chi connectivity index (χ0v) is 12.6. The van der Waals surface area contributed by atoms with Crippen molar-refractivity contribution in [2.45, 2.75) is 18.2 Å². The van der Waals surface area contributed by atoms with Crippen LogP contribution in [0.4, 0.5) is 0 Å². The van der Waals surface area contributed by atoms with Crippen molar-refractivity contribution in [3.05, 3.63) is 35.9 Å². The molecule has 0 saturated heterocycles. The summed E-state index contributed by atoms with van der Waals surface area (Å²) in [6.45, 7) is 1.84. The maximum atomic E-state index is 9.99. The lowest BCUT2D eigenvalue weighted by Crippen LogP contribution is -2.44. The highest BCUT2D eigenvalue weighted by Crippen LogP contribution is 2.85. The average Bonchev–Trinajstić information content (AvgIpc) is 2.98. The topological polar surface area (TPSA) is 104 Å². The molecule has 0 aromatic heterocycles. The molecule has 112 valence electrons. The standard InChI is InChI=1S/C16H16N4O2/c1-13(11-7-5-4-6-8-11)14(9-17)12(19)20-16(21-2,22-3)15(13,14)10-18/h4-8H,1-3H3,(H2,19,20)/t13-,14-,15-/m1/s1. The van der Waals surface area contributed by atoms with Crippen LogP contribution in [-0.4, -0.2) is 26.0 Å². The first-order valence-corrected chi connectivity index (χ1v) is 6.82. The van der Waals surface area contributed by atoms with Gasteiger partial charge < -0.3 is 15.2 Å². The monoisotopic (exact) mass is 296 g/mol. The molecule has 1 aliphatic heterocycles. The largest absolute Gasteiger partial charge is 0.386 e. The minimum atomic E-state index is -1.59. The van der Waals surface area contributed by atoms with Crippen molar-refractivity contribution in [2.24, 2.45) is 21.6 Å². The molecule has 0 amide bonds. The molecule has 0 unspecified atom stereocenters. The van der Waals surface area contributed by atoms with Gasteiger partial charge in [0.2, 0.25) is 0 Å². The van der Waals surface area contributed by atoms with Crippen molar-refractivity contribution in [3.63, 3.8) is 0 Å². The fourth-order valence-corrected chi connectivity index (χ4v) is 4.25. The van der Waals surface area contributed by atoms with Crippen LogP contribution >= 0.6 is 0 Å². The van der Waals surface area contributed by atoms with Crippen LogP contribution in [0.3, 0.4) is 0 Å². The first-order chi connectivity index (χ1) is 10.5. The number of nitrogens with two attached hydrogens (primary N) is 1. The summed E-state index contributed by atoms with van der Waals surface area (Å²) in [5.41, 5.74) is 3.43. The van der Waals surface area contributed by atoms with E-state index in [4.69, 9.17) is 15.2 Å². The van der Waals surface area contributed by atoms with Gasteiger partial charge in [-0.1, -0.05) is 37.3 Å². The number of amidine groups is 1. The maximum absolute atomic E-state index is 9.99. The van der Waals surface area contributed by atoms with Gasteiger partial charge in [-0.25, -0.2) is 4.99 Å². The number of ether oxygens (including phenoxy) is 2. The van der Waals surface area contributed by atoms with E-state index in [-0.39, 0.29) is 5.84 Å². The summed E-state index contributed by atoms with van der Waals surface area (Å²) >= 11 is 0. The van der Waals surface area contributed by atoms with Gasteiger partial charge in [0.05, 0.1) is 12.1 Å². The third kappa shape index (κ3) is 1.03. The summed E-state index contributed by atoms with van der Waals surface area (Å²) < 4.78 is 10.9. The molecule has 0 bridgehead atoms. The fraction of sp³-hybridized carbons (Fsp3) is 0.438. The summed E-state index contributed by atoms with van der Waals surface area (Å²) in [7, 11) is 2.80. The molecule has 1 aromatic carbocycles. The Hall–Kier alpha value is -2.41. The molecule has 2 aliphatic rings. The van der Waals surface area contributed by atoms with Gasteiger partial charge in [0.15, 0.2) is 10.8 Å². The zero-order valence-electron chi connectivity index (χ0n) is 12.6. The molecule has 22 heavy (non-hydrogen) atoms.